The van der Waals surface area contributed by atoms with Crippen LogP contribution in [0.3, 0.4) is 0 Å². The number of rotatable bonds is 1. The molecule has 0 amide bonds. The Morgan fingerprint density at radius 3 is 1.93 bits per heavy atom. The third-order valence-corrected chi connectivity index (χ3v) is 1.63. The van der Waals surface area contributed by atoms with Gasteiger partial charge in [0.1, 0.15) is 0 Å². The average Bonchev–Trinajstić information content (AvgIpc) is 2.27. The molecule has 0 radical (unpaired) electrons. The highest BCUT2D eigenvalue weighted by molar-refractivity contribution is 7.79. The molecule has 0 saturated carbocycles. The molecule has 0 nitrogen and oxygen atoms in total. The number of thiol groups is 1. The predicted octanol–water partition coefficient (Wildman–Crippen LogP) is 4.99. The summed E-state index contributed by atoms with van der Waals surface area (Å²) in [7, 11) is 0. The van der Waals surface area contributed by atoms with Gasteiger partial charge in [0, 0.05) is 0 Å². The summed E-state index contributed by atoms with van der Waals surface area (Å²) in [5.41, 5.74) is 4.01. The molecule has 1 rings (SSSR count). The van der Waals surface area contributed by atoms with Gasteiger partial charge in [-0.15, -0.1) is 0 Å². The van der Waals surface area contributed by atoms with E-state index in [1.54, 1.807) is 6.26 Å². The van der Waals surface area contributed by atoms with Crippen LogP contribution in [0.25, 0.3) is 6.08 Å². The third kappa shape index (κ3) is 8.31. The van der Waals surface area contributed by atoms with Crippen LogP contribution < -0.4 is 0 Å². The van der Waals surface area contributed by atoms with Crippen LogP contribution in [0.5, 0.6) is 0 Å². The molecule has 1 aromatic rings. The van der Waals surface area contributed by atoms with Crippen molar-refractivity contribution in [3.8, 4) is 0 Å². The zero-order chi connectivity index (χ0) is 12.3. The molecule has 1 aromatic carbocycles. The SMILES string of the molecule is CC.CC(C)=Cc1ccccc1C.CS. The first-order chi connectivity index (χ1) is 7.20. The molecule has 0 N–H and O–H groups in total. The minimum Gasteiger partial charge on any atom is -0.183 e. The first kappa shape index (κ1) is 16.7. The van der Waals surface area contributed by atoms with Crippen molar-refractivity contribution in [1.82, 2.24) is 0 Å². The predicted molar refractivity (Wildman–Crippen MR) is 76.8 cm³/mol. The second-order valence-corrected chi connectivity index (χ2v) is 3.08. The van der Waals surface area contributed by atoms with E-state index in [0.717, 1.165) is 0 Å². The van der Waals surface area contributed by atoms with Gasteiger partial charge in [-0.05, 0) is 38.2 Å². The number of benzene rings is 1. The molecule has 1 heteroatoms. The summed E-state index contributed by atoms with van der Waals surface area (Å²) in [5.74, 6) is 0. The molecule has 0 spiro atoms. The molecule has 0 heterocycles. The maximum atomic E-state index is 3.53. The molecule has 0 bridgehead atoms. The highest BCUT2D eigenvalue weighted by atomic mass is 32.1. The van der Waals surface area contributed by atoms with Crippen LogP contribution in [0.1, 0.15) is 38.8 Å². The molecule has 0 aliphatic carbocycles. The van der Waals surface area contributed by atoms with E-state index in [1.807, 2.05) is 13.8 Å². The number of aryl methyl sites for hydroxylation is 1. The van der Waals surface area contributed by atoms with E-state index in [1.165, 1.54) is 16.7 Å². The lowest BCUT2D eigenvalue weighted by molar-refractivity contribution is 1.39. The zero-order valence-corrected chi connectivity index (χ0v) is 11.7. The Hall–Kier alpha value is -0.690. The highest BCUT2D eigenvalue weighted by Crippen LogP contribution is 2.10. The van der Waals surface area contributed by atoms with Crippen molar-refractivity contribution in [3.05, 3.63) is 41.0 Å². The molecule has 0 aliphatic heterocycles. The van der Waals surface area contributed by atoms with Gasteiger partial charge in [-0.3, -0.25) is 0 Å². The van der Waals surface area contributed by atoms with Crippen molar-refractivity contribution >= 4 is 18.7 Å². The lowest BCUT2D eigenvalue weighted by Crippen LogP contribution is -1.78. The van der Waals surface area contributed by atoms with Crippen molar-refractivity contribution in [1.29, 1.82) is 0 Å². The molecular formula is C14H24S. The number of hydrogen-bond acceptors (Lipinski definition) is 1. The standard InChI is InChI=1S/C11H14.C2H6.CH4S/c1-9(2)8-11-7-5-4-6-10(11)3;2*1-2/h4-8H,1-3H3;1-2H3;2H,1H3. The summed E-state index contributed by atoms with van der Waals surface area (Å²) >= 11 is 3.53. The van der Waals surface area contributed by atoms with Crippen molar-refractivity contribution < 1.29 is 0 Å². The third-order valence-electron chi connectivity index (χ3n) is 1.63. The van der Waals surface area contributed by atoms with Crippen LogP contribution in [0.4, 0.5) is 0 Å². The Morgan fingerprint density at radius 2 is 1.53 bits per heavy atom. The molecule has 0 unspecified atom stereocenters. The van der Waals surface area contributed by atoms with E-state index in [-0.39, 0.29) is 0 Å². The van der Waals surface area contributed by atoms with E-state index in [0.29, 0.717) is 0 Å². The molecule has 15 heavy (non-hydrogen) atoms. The van der Waals surface area contributed by atoms with Crippen LogP contribution in [-0.4, -0.2) is 6.26 Å². The molecule has 0 aromatic heterocycles. The van der Waals surface area contributed by atoms with Gasteiger partial charge in [0.05, 0.1) is 0 Å². The smallest absolute Gasteiger partial charge is 0.0215 e. The van der Waals surface area contributed by atoms with Crippen LogP contribution in [0, 0.1) is 6.92 Å². The largest absolute Gasteiger partial charge is 0.183 e. The first-order valence-corrected chi connectivity index (χ1v) is 6.25. The highest BCUT2D eigenvalue weighted by Gasteiger charge is 1.90. The molecular weight excluding hydrogens is 200 g/mol. The summed E-state index contributed by atoms with van der Waals surface area (Å²) in [6.07, 6.45) is 3.90. The van der Waals surface area contributed by atoms with Crippen molar-refractivity contribution in [2.24, 2.45) is 0 Å². The molecule has 0 atom stereocenters. The van der Waals surface area contributed by atoms with Gasteiger partial charge < -0.3 is 0 Å². The Labute approximate surface area is 101 Å². The van der Waals surface area contributed by atoms with Crippen molar-refractivity contribution in [2.45, 2.75) is 34.6 Å². The van der Waals surface area contributed by atoms with Crippen LogP contribution in [0.15, 0.2) is 29.8 Å². The molecule has 0 aliphatic rings. The minimum absolute atomic E-state index is 1.33. The average molecular weight is 224 g/mol. The normalized spacial score (nSPS) is 7.67. The number of allylic oxidation sites excluding steroid dienone is 1. The van der Waals surface area contributed by atoms with Gasteiger partial charge in [0.15, 0.2) is 0 Å². The van der Waals surface area contributed by atoms with Crippen molar-refractivity contribution in [3.63, 3.8) is 0 Å². The number of hydrogen-bond donors (Lipinski definition) is 1. The maximum absolute atomic E-state index is 3.53. The first-order valence-electron chi connectivity index (χ1n) is 5.35. The van der Waals surface area contributed by atoms with Gasteiger partial charge in [-0.1, -0.05) is 49.8 Å². The lowest BCUT2D eigenvalue weighted by atomic mass is 10.1. The second kappa shape index (κ2) is 11.4. The van der Waals surface area contributed by atoms with Gasteiger partial charge in [-0.2, -0.15) is 12.6 Å². The monoisotopic (exact) mass is 224 g/mol. The van der Waals surface area contributed by atoms with Crippen molar-refractivity contribution in [2.75, 3.05) is 6.26 Å². The van der Waals surface area contributed by atoms with Gasteiger partial charge in [0.2, 0.25) is 0 Å². The lowest BCUT2D eigenvalue weighted by Gasteiger charge is -1.98. The molecule has 86 valence electrons. The second-order valence-electron chi connectivity index (χ2n) is 3.08. The maximum Gasteiger partial charge on any atom is -0.0215 e. The fraction of sp³-hybridized carbons (Fsp3) is 0.429. The summed E-state index contributed by atoms with van der Waals surface area (Å²) < 4.78 is 0. The van der Waals surface area contributed by atoms with Crippen LogP contribution in [0.2, 0.25) is 0 Å². The van der Waals surface area contributed by atoms with Gasteiger partial charge >= 0.3 is 0 Å². The fourth-order valence-corrected chi connectivity index (χ4v) is 1.06. The van der Waals surface area contributed by atoms with Gasteiger partial charge in [0.25, 0.3) is 0 Å². The topological polar surface area (TPSA) is 0 Å². The fourth-order valence-electron chi connectivity index (χ4n) is 1.06. The van der Waals surface area contributed by atoms with E-state index in [4.69, 9.17) is 0 Å². The Balaban J connectivity index is 0. The van der Waals surface area contributed by atoms with E-state index >= 15 is 0 Å². The molecule has 0 saturated heterocycles. The summed E-state index contributed by atoms with van der Waals surface area (Å²) in [6.45, 7) is 10.4. The van der Waals surface area contributed by atoms with E-state index in [2.05, 4.69) is 63.7 Å². The van der Waals surface area contributed by atoms with Crippen LogP contribution >= 0.6 is 12.6 Å². The Bertz CT molecular complexity index is 270. The van der Waals surface area contributed by atoms with Crippen LogP contribution in [-0.2, 0) is 0 Å². The summed E-state index contributed by atoms with van der Waals surface area (Å²) in [4.78, 5) is 0. The summed E-state index contributed by atoms with van der Waals surface area (Å²) in [6, 6.07) is 8.41. The minimum atomic E-state index is 1.33. The Kier molecular flexibility index (Phi) is 12.7. The quantitative estimate of drug-likeness (QED) is 0.638. The van der Waals surface area contributed by atoms with E-state index in [9.17, 15) is 0 Å². The van der Waals surface area contributed by atoms with E-state index < -0.39 is 0 Å². The Morgan fingerprint density at radius 1 is 1.07 bits per heavy atom. The molecule has 0 fully saturated rings. The zero-order valence-electron chi connectivity index (χ0n) is 10.8. The summed E-state index contributed by atoms with van der Waals surface area (Å²) in [5, 5.41) is 0. The van der Waals surface area contributed by atoms with Gasteiger partial charge in [-0.25, -0.2) is 0 Å².